The van der Waals surface area contributed by atoms with Crippen LogP contribution in [-0.4, -0.2) is 34.2 Å². The highest BCUT2D eigenvalue weighted by Gasteiger charge is 2.30. The predicted octanol–water partition coefficient (Wildman–Crippen LogP) is 2.35. The van der Waals surface area contributed by atoms with Crippen molar-refractivity contribution in [3.63, 3.8) is 0 Å². The molecule has 0 amide bonds. The van der Waals surface area contributed by atoms with E-state index >= 15 is 0 Å². The zero-order valence-corrected chi connectivity index (χ0v) is 14.3. The number of phenols is 1. The van der Waals surface area contributed by atoms with Crippen molar-refractivity contribution < 1.29 is 5.11 Å². The molecule has 0 bridgehead atoms. The Morgan fingerprint density at radius 1 is 1.04 bits per heavy atom. The fourth-order valence-electron chi connectivity index (χ4n) is 3.97. The third-order valence-electron chi connectivity index (χ3n) is 5.50. The number of nitrogen functional groups attached to an aromatic ring is 1. The molecule has 1 aromatic heterocycles. The van der Waals surface area contributed by atoms with Crippen LogP contribution in [0.25, 0.3) is 0 Å². The molecule has 0 radical (unpaired) electrons. The molecule has 1 aliphatic carbocycles. The number of phenolic OH excluding ortho intramolecular Hbond substituents is 1. The van der Waals surface area contributed by atoms with E-state index in [4.69, 9.17) is 11.5 Å². The standard InChI is InChI=1S/C19H25N5O/c20-15-8-14(9-15)17-11-18(23-19(21)22-17)24-6-4-12(5-7-24)13-2-1-3-16(25)10-13/h1-3,10-12,14-15,25H,4-9,20H2,(H2,21,22,23). The molecule has 4 rings (SSSR count). The first-order valence-electron chi connectivity index (χ1n) is 9.02. The van der Waals surface area contributed by atoms with E-state index in [0.717, 1.165) is 50.3 Å². The van der Waals surface area contributed by atoms with Gasteiger partial charge in [0.05, 0.1) is 5.69 Å². The molecule has 0 spiro atoms. The highest BCUT2D eigenvalue weighted by Crippen LogP contribution is 2.37. The predicted molar refractivity (Wildman–Crippen MR) is 98.7 cm³/mol. The van der Waals surface area contributed by atoms with Gasteiger partial charge in [0.15, 0.2) is 0 Å². The summed E-state index contributed by atoms with van der Waals surface area (Å²) in [5, 5.41) is 9.68. The van der Waals surface area contributed by atoms with Crippen LogP contribution >= 0.6 is 0 Å². The second-order valence-corrected chi connectivity index (χ2v) is 7.29. The number of anilines is 2. The van der Waals surface area contributed by atoms with Gasteiger partial charge in [-0.15, -0.1) is 0 Å². The maximum Gasteiger partial charge on any atom is 0.222 e. The van der Waals surface area contributed by atoms with Crippen molar-refractivity contribution >= 4 is 11.8 Å². The van der Waals surface area contributed by atoms with Gasteiger partial charge in [-0.3, -0.25) is 0 Å². The van der Waals surface area contributed by atoms with Gasteiger partial charge in [0.25, 0.3) is 0 Å². The Hall–Kier alpha value is -2.34. The second-order valence-electron chi connectivity index (χ2n) is 7.29. The van der Waals surface area contributed by atoms with Gasteiger partial charge in [0.2, 0.25) is 5.95 Å². The number of hydrogen-bond acceptors (Lipinski definition) is 6. The second kappa shape index (κ2) is 6.52. The molecule has 2 heterocycles. The van der Waals surface area contributed by atoms with Crippen LogP contribution in [0.15, 0.2) is 30.3 Å². The van der Waals surface area contributed by atoms with Gasteiger partial charge in [-0.1, -0.05) is 12.1 Å². The van der Waals surface area contributed by atoms with Crippen molar-refractivity contribution in [3.8, 4) is 5.75 Å². The molecule has 1 aromatic carbocycles. The Balaban J connectivity index is 1.45. The topological polar surface area (TPSA) is 101 Å². The summed E-state index contributed by atoms with van der Waals surface area (Å²) in [6, 6.07) is 9.99. The smallest absolute Gasteiger partial charge is 0.222 e. The van der Waals surface area contributed by atoms with E-state index < -0.39 is 0 Å². The van der Waals surface area contributed by atoms with Crippen molar-refractivity contribution in [2.45, 2.75) is 43.6 Å². The molecule has 25 heavy (non-hydrogen) atoms. The Morgan fingerprint density at radius 2 is 1.80 bits per heavy atom. The number of piperidine rings is 1. The van der Waals surface area contributed by atoms with Crippen LogP contribution in [0.5, 0.6) is 5.75 Å². The number of aromatic nitrogens is 2. The van der Waals surface area contributed by atoms with E-state index in [1.165, 1.54) is 5.56 Å². The van der Waals surface area contributed by atoms with Crippen LogP contribution in [0.4, 0.5) is 11.8 Å². The van der Waals surface area contributed by atoms with Crippen molar-refractivity contribution in [1.82, 2.24) is 9.97 Å². The lowest BCUT2D eigenvalue weighted by atomic mass is 9.78. The van der Waals surface area contributed by atoms with Crippen LogP contribution in [0.1, 0.15) is 48.8 Å². The van der Waals surface area contributed by atoms with E-state index in [9.17, 15) is 5.11 Å². The zero-order chi connectivity index (χ0) is 17.4. The lowest BCUT2D eigenvalue weighted by Crippen LogP contribution is -2.36. The van der Waals surface area contributed by atoms with Gasteiger partial charge in [0, 0.05) is 31.1 Å². The van der Waals surface area contributed by atoms with Crippen molar-refractivity contribution in [2.75, 3.05) is 23.7 Å². The van der Waals surface area contributed by atoms with Gasteiger partial charge in [-0.05, 0) is 49.3 Å². The molecule has 2 fully saturated rings. The average molecular weight is 339 g/mol. The van der Waals surface area contributed by atoms with E-state index in [1.807, 2.05) is 12.1 Å². The fraction of sp³-hybridized carbons (Fsp3) is 0.474. The van der Waals surface area contributed by atoms with Crippen LogP contribution in [0.3, 0.4) is 0 Å². The minimum absolute atomic E-state index is 0.294. The Kier molecular flexibility index (Phi) is 4.21. The quantitative estimate of drug-likeness (QED) is 0.793. The summed E-state index contributed by atoms with van der Waals surface area (Å²) in [5.74, 6) is 2.52. The number of rotatable bonds is 3. The molecule has 5 N–H and O–H groups in total. The normalized spacial score (nSPS) is 24.1. The lowest BCUT2D eigenvalue weighted by Gasteiger charge is -2.35. The monoisotopic (exact) mass is 339 g/mol. The lowest BCUT2D eigenvalue weighted by molar-refractivity contribution is 0.345. The maximum atomic E-state index is 9.68. The number of nitrogens with two attached hydrogens (primary N) is 2. The molecule has 0 unspecified atom stereocenters. The van der Waals surface area contributed by atoms with Gasteiger partial charge >= 0.3 is 0 Å². The first-order chi connectivity index (χ1) is 12.1. The SMILES string of the molecule is Nc1nc(C2CC(N)C2)cc(N2CCC(c3cccc(O)c3)CC2)n1. The first-order valence-corrected chi connectivity index (χ1v) is 9.02. The summed E-state index contributed by atoms with van der Waals surface area (Å²) < 4.78 is 0. The maximum absolute atomic E-state index is 9.68. The van der Waals surface area contributed by atoms with E-state index in [2.05, 4.69) is 27.0 Å². The summed E-state index contributed by atoms with van der Waals surface area (Å²) in [6.07, 6.45) is 4.04. The largest absolute Gasteiger partial charge is 0.508 e. The van der Waals surface area contributed by atoms with Crippen molar-refractivity contribution in [2.24, 2.45) is 5.73 Å². The van der Waals surface area contributed by atoms with Crippen LogP contribution < -0.4 is 16.4 Å². The third-order valence-corrected chi connectivity index (χ3v) is 5.50. The molecule has 1 saturated heterocycles. The third kappa shape index (κ3) is 3.39. The summed E-state index contributed by atoms with van der Waals surface area (Å²) >= 11 is 0. The van der Waals surface area contributed by atoms with Gasteiger partial charge < -0.3 is 21.5 Å². The minimum atomic E-state index is 0.294. The number of aromatic hydroxyl groups is 1. The van der Waals surface area contributed by atoms with Crippen molar-refractivity contribution in [3.05, 3.63) is 41.6 Å². The number of hydrogen-bond donors (Lipinski definition) is 3. The van der Waals surface area contributed by atoms with E-state index in [0.29, 0.717) is 29.6 Å². The van der Waals surface area contributed by atoms with Gasteiger partial charge in [-0.25, -0.2) is 4.98 Å². The minimum Gasteiger partial charge on any atom is -0.508 e. The first kappa shape index (κ1) is 16.1. The molecule has 1 aliphatic heterocycles. The van der Waals surface area contributed by atoms with E-state index in [1.54, 1.807) is 6.07 Å². The summed E-state index contributed by atoms with van der Waals surface area (Å²) in [7, 11) is 0. The molecule has 6 heteroatoms. The molecule has 2 aromatic rings. The molecule has 0 atom stereocenters. The Labute approximate surface area is 147 Å². The Bertz CT molecular complexity index is 751. The highest BCUT2D eigenvalue weighted by atomic mass is 16.3. The molecular weight excluding hydrogens is 314 g/mol. The molecule has 132 valence electrons. The average Bonchev–Trinajstić information content (AvgIpc) is 2.58. The van der Waals surface area contributed by atoms with Crippen LogP contribution in [0.2, 0.25) is 0 Å². The van der Waals surface area contributed by atoms with Gasteiger partial charge in [0.1, 0.15) is 11.6 Å². The fourth-order valence-corrected chi connectivity index (χ4v) is 3.97. The summed E-state index contributed by atoms with van der Waals surface area (Å²) in [5.41, 5.74) is 14.1. The zero-order valence-electron chi connectivity index (χ0n) is 14.3. The Morgan fingerprint density at radius 3 is 2.48 bits per heavy atom. The molecule has 1 saturated carbocycles. The van der Waals surface area contributed by atoms with Crippen LogP contribution in [0, 0.1) is 0 Å². The number of nitrogens with zero attached hydrogens (tertiary/aromatic N) is 3. The van der Waals surface area contributed by atoms with E-state index in [-0.39, 0.29) is 0 Å². The number of benzene rings is 1. The highest BCUT2D eigenvalue weighted by molar-refractivity contribution is 5.45. The molecule has 2 aliphatic rings. The molecular formula is C19H25N5O. The summed E-state index contributed by atoms with van der Waals surface area (Å²) in [6.45, 7) is 1.86. The van der Waals surface area contributed by atoms with Crippen LogP contribution in [-0.2, 0) is 0 Å². The van der Waals surface area contributed by atoms with Gasteiger partial charge in [-0.2, -0.15) is 4.98 Å². The summed E-state index contributed by atoms with van der Waals surface area (Å²) in [4.78, 5) is 11.2. The van der Waals surface area contributed by atoms with Crippen molar-refractivity contribution in [1.29, 1.82) is 0 Å². The molecule has 6 nitrogen and oxygen atoms in total.